The Bertz CT molecular complexity index is 547. The molecule has 1 heterocycles. The molecule has 1 aliphatic heterocycles. The molecule has 1 amide bonds. The van der Waals surface area contributed by atoms with Crippen LogP contribution in [0.15, 0.2) is 24.3 Å². The lowest BCUT2D eigenvalue weighted by Gasteiger charge is -2.21. The number of hydrogen-bond donors (Lipinski definition) is 2. The largest absolute Gasteiger partial charge is 0.488 e. The van der Waals surface area contributed by atoms with E-state index < -0.39 is 18.2 Å². The lowest BCUT2D eigenvalue weighted by molar-refractivity contribution is -0.150. The average Bonchev–Trinajstić information content (AvgIpc) is 2.89. The van der Waals surface area contributed by atoms with Crippen molar-refractivity contribution in [2.75, 3.05) is 5.32 Å². The van der Waals surface area contributed by atoms with Gasteiger partial charge in [-0.2, -0.15) is 0 Å². The number of ether oxygens (including phenoxy) is 2. The predicted octanol–water partition coefficient (Wildman–Crippen LogP) is 2.43. The Kier molecular flexibility index (Phi) is 4.71. The number of amides is 1. The smallest absolute Gasteiger partial charge is 0.332 e. The molecule has 0 spiro atoms. The number of carbonyl (C=O) groups excluding carboxylic acids is 1. The minimum absolute atomic E-state index is 0.283. The molecule has 1 aliphatic rings. The van der Waals surface area contributed by atoms with Crippen molar-refractivity contribution >= 4 is 17.6 Å². The van der Waals surface area contributed by atoms with Crippen molar-refractivity contribution in [3.05, 3.63) is 24.3 Å². The van der Waals surface area contributed by atoms with Crippen LogP contribution in [-0.2, 0) is 14.3 Å². The Balaban J connectivity index is 1.91. The average molecular weight is 307 g/mol. The fourth-order valence-electron chi connectivity index (χ4n) is 2.19. The summed E-state index contributed by atoms with van der Waals surface area (Å²) in [6, 6.07) is 7.03. The summed E-state index contributed by atoms with van der Waals surface area (Å²) >= 11 is 0. The predicted molar refractivity (Wildman–Crippen MR) is 81.0 cm³/mol. The van der Waals surface area contributed by atoms with Crippen molar-refractivity contribution in [1.29, 1.82) is 0 Å². The highest BCUT2D eigenvalue weighted by Crippen LogP contribution is 2.23. The van der Waals surface area contributed by atoms with Gasteiger partial charge in [0.2, 0.25) is 0 Å². The first kappa shape index (κ1) is 16.3. The number of carboxylic acids is 1. The highest BCUT2D eigenvalue weighted by molar-refractivity contribution is 5.94. The zero-order chi connectivity index (χ0) is 16.3. The fraction of sp³-hybridized carbons (Fsp3) is 0.500. The standard InChI is InChI=1S/C16H21NO5/c1-16(2,3)22-11-6-4-10(5-7-11)17-14(18)12-8-9-13(21-12)15(19)20/h4-7,12-13H,8-9H2,1-3H3,(H,17,18)(H,19,20)/t12-,13+/m0/s1. The number of rotatable bonds is 4. The Morgan fingerprint density at radius 3 is 2.27 bits per heavy atom. The molecule has 2 atom stereocenters. The van der Waals surface area contributed by atoms with Crippen LogP contribution in [-0.4, -0.2) is 34.8 Å². The van der Waals surface area contributed by atoms with Gasteiger partial charge in [0.15, 0.2) is 6.10 Å². The molecule has 0 bridgehead atoms. The molecule has 6 nitrogen and oxygen atoms in total. The highest BCUT2D eigenvalue weighted by Gasteiger charge is 2.34. The van der Waals surface area contributed by atoms with E-state index in [1.807, 2.05) is 20.8 Å². The summed E-state index contributed by atoms with van der Waals surface area (Å²) in [5.74, 6) is -0.638. The normalized spacial score (nSPS) is 21.4. The van der Waals surface area contributed by atoms with E-state index in [0.717, 1.165) is 0 Å². The van der Waals surface area contributed by atoms with E-state index in [2.05, 4.69) is 5.32 Å². The molecule has 2 rings (SSSR count). The Hall–Kier alpha value is -2.08. The number of carbonyl (C=O) groups is 2. The van der Waals surface area contributed by atoms with Gasteiger partial charge in [0, 0.05) is 5.69 Å². The van der Waals surface area contributed by atoms with E-state index in [0.29, 0.717) is 24.3 Å². The van der Waals surface area contributed by atoms with Gasteiger partial charge in [0.05, 0.1) is 0 Å². The number of nitrogens with one attached hydrogen (secondary N) is 1. The van der Waals surface area contributed by atoms with Crippen LogP contribution in [0.5, 0.6) is 5.75 Å². The fourth-order valence-corrected chi connectivity index (χ4v) is 2.19. The molecule has 1 fully saturated rings. The summed E-state index contributed by atoms with van der Waals surface area (Å²) in [4.78, 5) is 22.8. The van der Waals surface area contributed by atoms with Crippen LogP contribution < -0.4 is 10.1 Å². The first-order valence-corrected chi connectivity index (χ1v) is 7.23. The maximum atomic E-state index is 12.0. The molecular formula is C16H21NO5. The molecule has 0 aromatic heterocycles. The topological polar surface area (TPSA) is 84.9 Å². The van der Waals surface area contributed by atoms with Crippen molar-refractivity contribution in [3.8, 4) is 5.75 Å². The Labute approximate surface area is 129 Å². The first-order valence-electron chi connectivity index (χ1n) is 7.23. The van der Waals surface area contributed by atoms with E-state index >= 15 is 0 Å². The van der Waals surface area contributed by atoms with Crippen LogP contribution in [0.1, 0.15) is 33.6 Å². The molecule has 6 heteroatoms. The summed E-state index contributed by atoms with van der Waals surface area (Å²) in [5, 5.41) is 11.6. The van der Waals surface area contributed by atoms with Gasteiger partial charge in [-0.1, -0.05) is 0 Å². The molecule has 0 radical (unpaired) electrons. The van der Waals surface area contributed by atoms with Gasteiger partial charge in [-0.15, -0.1) is 0 Å². The maximum absolute atomic E-state index is 12.0. The van der Waals surface area contributed by atoms with Gasteiger partial charge in [-0.3, -0.25) is 4.79 Å². The number of hydrogen-bond acceptors (Lipinski definition) is 4. The number of anilines is 1. The third-order valence-corrected chi connectivity index (χ3v) is 3.13. The van der Waals surface area contributed by atoms with E-state index in [1.54, 1.807) is 24.3 Å². The number of benzene rings is 1. The minimum atomic E-state index is -1.03. The van der Waals surface area contributed by atoms with Gasteiger partial charge in [0.25, 0.3) is 5.91 Å². The molecular weight excluding hydrogens is 286 g/mol. The molecule has 1 saturated heterocycles. The van der Waals surface area contributed by atoms with Crippen molar-refractivity contribution in [3.63, 3.8) is 0 Å². The van der Waals surface area contributed by atoms with Crippen molar-refractivity contribution in [1.82, 2.24) is 0 Å². The summed E-state index contributed by atoms with van der Waals surface area (Å²) in [7, 11) is 0. The van der Waals surface area contributed by atoms with E-state index in [9.17, 15) is 9.59 Å². The van der Waals surface area contributed by atoms with Crippen molar-refractivity contribution in [2.24, 2.45) is 0 Å². The van der Waals surface area contributed by atoms with Crippen LogP contribution in [0.25, 0.3) is 0 Å². The lowest BCUT2D eigenvalue weighted by atomic mass is 10.2. The first-order chi connectivity index (χ1) is 10.2. The van der Waals surface area contributed by atoms with Crippen LogP contribution in [0.2, 0.25) is 0 Å². The minimum Gasteiger partial charge on any atom is -0.488 e. The summed E-state index contributed by atoms with van der Waals surface area (Å²) in [5.41, 5.74) is 0.336. The number of carboxylic acid groups (broad SMARTS) is 1. The summed E-state index contributed by atoms with van der Waals surface area (Å²) in [6.45, 7) is 5.87. The SMILES string of the molecule is CC(C)(C)Oc1ccc(NC(=O)[C@@H]2CC[C@H](C(=O)O)O2)cc1. The monoisotopic (exact) mass is 307 g/mol. The maximum Gasteiger partial charge on any atom is 0.332 e. The summed E-state index contributed by atoms with van der Waals surface area (Å²) in [6.07, 6.45) is -0.843. The zero-order valence-electron chi connectivity index (χ0n) is 13.0. The van der Waals surface area contributed by atoms with Crippen molar-refractivity contribution in [2.45, 2.75) is 51.4 Å². The quantitative estimate of drug-likeness (QED) is 0.892. The highest BCUT2D eigenvalue weighted by atomic mass is 16.5. The third-order valence-electron chi connectivity index (χ3n) is 3.13. The molecule has 1 aromatic rings. The van der Waals surface area contributed by atoms with Gasteiger partial charge in [-0.05, 0) is 57.9 Å². The Morgan fingerprint density at radius 1 is 1.18 bits per heavy atom. The van der Waals surface area contributed by atoms with Crippen molar-refractivity contribution < 1.29 is 24.2 Å². The lowest BCUT2D eigenvalue weighted by Crippen LogP contribution is -2.29. The van der Waals surface area contributed by atoms with Crippen LogP contribution in [0.3, 0.4) is 0 Å². The van der Waals surface area contributed by atoms with Crippen LogP contribution in [0, 0.1) is 0 Å². The molecule has 0 unspecified atom stereocenters. The Morgan fingerprint density at radius 2 is 1.77 bits per heavy atom. The molecule has 22 heavy (non-hydrogen) atoms. The second-order valence-corrected chi connectivity index (χ2v) is 6.26. The molecule has 120 valence electrons. The zero-order valence-corrected chi connectivity index (χ0v) is 13.0. The van der Waals surface area contributed by atoms with E-state index in [1.165, 1.54) is 0 Å². The number of aliphatic carboxylic acids is 1. The summed E-state index contributed by atoms with van der Waals surface area (Å²) < 4.78 is 10.9. The molecule has 0 aliphatic carbocycles. The second kappa shape index (κ2) is 6.36. The van der Waals surface area contributed by atoms with E-state index in [4.69, 9.17) is 14.6 Å². The van der Waals surface area contributed by atoms with Gasteiger partial charge < -0.3 is 19.9 Å². The molecule has 2 N–H and O–H groups in total. The van der Waals surface area contributed by atoms with Crippen LogP contribution in [0.4, 0.5) is 5.69 Å². The third kappa shape index (κ3) is 4.46. The van der Waals surface area contributed by atoms with Gasteiger partial charge >= 0.3 is 5.97 Å². The molecule has 0 saturated carbocycles. The molecule has 1 aromatic carbocycles. The van der Waals surface area contributed by atoms with Crippen LogP contribution >= 0.6 is 0 Å². The van der Waals surface area contributed by atoms with Gasteiger partial charge in [0.1, 0.15) is 17.5 Å². The van der Waals surface area contributed by atoms with Gasteiger partial charge in [-0.25, -0.2) is 4.79 Å². The second-order valence-electron chi connectivity index (χ2n) is 6.26. The van der Waals surface area contributed by atoms with E-state index in [-0.39, 0.29) is 11.5 Å².